The monoisotopic (exact) mass is 359 g/mol. The van der Waals surface area contributed by atoms with Gasteiger partial charge in [-0.15, -0.1) is 11.3 Å². The third-order valence-electron chi connectivity index (χ3n) is 4.34. The molecule has 4 aromatic heterocycles. The fourth-order valence-corrected chi connectivity index (χ4v) is 3.80. The van der Waals surface area contributed by atoms with Gasteiger partial charge in [0.25, 0.3) is 0 Å². The molecule has 0 aliphatic rings. The minimum atomic E-state index is -0.0568. The van der Waals surface area contributed by atoms with Gasteiger partial charge < -0.3 is 9.97 Å². The first-order valence-corrected chi connectivity index (χ1v) is 8.95. The Bertz CT molecular complexity index is 1330. The molecule has 0 aliphatic heterocycles. The van der Waals surface area contributed by atoms with Crippen LogP contribution in [0, 0.1) is 6.92 Å². The quantitative estimate of drug-likeness (QED) is 0.500. The van der Waals surface area contributed by atoms with E-state index in [0.717, 1.165) is 38.6 Å². The summed E-state index contributed by atoms with van der Waals surface area (Å²) in [6.45, 7) is 1.90. The summed E-state index contributed by atoms with van der Waals surface area (Å²) in [6, 6.07) is 9.49. The van der Waals surface area contributed by atoms with Crippen molar-refractivity contribution in [2.75, 3.05) is 0 Å². The molecule has 0 aliphatic carbocycles. The Balaban J connectivity index is 1.86. The first kappa shape index (κ1) is 15.0. The highest BCUT2D eigenvalue weighted by Gasteiger charge is 2.15. The van der Waals surface area contributed by atoms with E-state index in [-0.39, 0.29) is 5.43 Å². The third kappa shape index (κ3) is 2.33. The molecule has 0 unspecified atom stereocenters. The Hall–Kier alpha value is -3.32. The van der Waals surface area contributed by atoms with E-state index in [2.05, 4.69) is 26.0 Å². The van der Waals surface area contributed by atoms with Gasteiger partial charge in [-0.05, 0) is 30.7 Å². The van der Waals surface area contributed by atoms with E-state index in [1.54, 1.807) is 23.7 Å². The number of pyridine rings is 2. The van der Waals surface area contributed by atoms with E-state index in [1.807, 2.05) is 30.6 Å². The molecule has 1 aromatic carbocycles. The maximum atomic E-state index is 12.3. The fourth-order valence-electron chi connectivity index (χ4n) is 3.09. The van der Waals surface area contributed by atoms with Crippen LogP contribution in [0.15, 0.2) is 53.0 Å². The van der Waals surface area contributed by atoms with Crippen molar-refractivity contribution in [2.45, 2.75) is 6.92 Å². The molecule has 5 aromatic rings. The highest BCUT2D eigenvalue weighted by molar-refractivity contribution is 7.16. The summed E-state index contributed by atoms with van der Waals surface area (Å²) in [7, 11) is 0. The van der Waals surface area contributed by atoms with Gasteiger partial charge in [-0.25, -0.2) is 15.0 Å². The molecule has 6 nitrogen and oxygen atoms in total. The van der Waals surface area contributed by atoms with Gasteiger partial charge in [0, 0.05) is 17.8 Å². The summed E-state index contributed by atoms with van der Waals surface area (Å²) >= 11 is 1.59. The van der Waals surface area contributed by atoms with E-state index in [1.165, 1.54) is 6.07 Å². The maximum Gasteiger partial charge on any atom is 0.191 e. The van der Waals surface area contributed by atoms with Crippen molar-refractivity contribution >= 4 is 32.6 Å². The summed E-state index contributed by atoms with van der Waals surface area (Å²) in [5.41, 5.74) is 6.73. The summed E-state index contributed by atoms with van der Waals surface area (Å²) in [5, 5.41) is 0.562. The molecule has 5 rings (SSSR count). The highest BCUT2D eigenvalue weighted by atomic mass is 32.1. The predicted octanol–water partition coefficient (Wildman–Crippen LogP) is 3.90. The van der Waals surface area contributed by atoms with Gasteiger partial charge in [-0.3, -0.25) is 4.79 Å². The van der Waals surface area contributed by atoms with Crippen molar-refractivity contribution in [1.82, 2.24) is 24.9 Å². The molecule has 0 fully saturated rings. The lowest BCUT2D eigenvalue weighted by Crippen LogP contribution is -2.03. The van der Waals surface area contributed by atoms with E-state index in [9.17, 15) is 4.79 Å². The number of benzene rings is 1. The lowest BCUT2D eigenvalue weighted by atomic mass is 10.0. The van der Waals surface area contributed by atoms with Crippen molar-refractivity contribution in [3.8, 4) is 22.5 Å². The Morgan fingerprint density at radius 3 is 2.88 bits per heavy atom. The number of thiazole rings is 1. The van der Waals surface area contributed by atoms with Crippen LogP contribution in [-0.2, 0) is 0 Å². The van der Waals surface area contributed by atoms with E-state index < -0.39 is 0 Å². The lowest BCUT2D eigenvalue weighted by Gasteiger charge is -2.10. The molecule has 4 heterocycles. The number of imidazole rings is 1. The second-order valence-electron chi connectivity index (χ2n) is 6.04. The zero-order valence-electron chi connectivity index (χ0n) is 13.8. The number of aromatic nitrogens is 5. The van der Waals surface area contributed by atoms with Crippen LogP contribution in [0.5, 0.6) is 0 Å². The summed E-state index contributed by atoms with van der Waals surface area (Å²) in [6.07, 6.45) is 3.38. The van der Waals surface area contributed by atoms with Gasteiger partial charge in [0.15, 0.2) is 5.43 Å². The molecular weight excluding hydrogens is 346 g/mol. The molecule has 0 amide bonds. The van der Waals surface area contributed by atoms with Crippen molar-refractivity contribution in [3.05, 3.63) is 64.3 Å². The molecular formula is C19H13N5OS. The SMILES string of the molecule is Cc1ncc(-c2nc3[nH]ccc(=O)c3cc2-c2ccc3ncsc3c2)[nH]1. The molecule has 0 saturated carbocycles. The van der Waals surface area contributed by atoms with Crippen LogP contribution in [0.3, 0.4) is 0 Å². The third-order valence-corrected chi connectivity index (χ3v) is 5.13. The van der Waals surface area contributed by atoms with Crippen LogP contribution in [0.2, 0.25) is 0 Å². The van der Waals surface area contributed by atoms with E-state index in [4.69, 9.17) is 4.98 Å². The van der Waals surface area contributed by atoms with Crippen LogP contribution in [-0.4, -0.2) is 24.9 Å². The average molecular weight is 359 g/mol. The zero-order chi connectivity index (χ0) is 17.7. The van der Waals surface area contributed by atoms with Crippen LogP contribution >= 0.6 is 11.3 Å². The van der Waals surface area contributed by atoms with Crippen LogP contribution < -0.4 is 5.43 Å². The van der Waals surface area contributed by atoms with Crippen molar-refractivity contribution in [3.63, 3.8) is 0 Å². The molecule has 2 N–H and O–H groups in total. The minimum Gasteiger partial charge on any atom is -0.346 e. The summed E-state index contributed by atoms with van der Waals surface area (Å²) < 4.78 is 1.09. The predicted molar refractivity (Wildman–Crippen MR) is 103 cm³/mol. The second-order valence-corrected chi connectivity index (χ2v) is 6.93. The van der Waals surface area contributed by atoms with Gasteiger partial charge in [-0.1, -0.05) is 6.07 Å². The smallest absolute Gasteiger partial charge is 0.191 e. The number of nitrogens with one attached hydrogen (secondary N) is 2. The Labute approximate surface area is 151 Å². The van der Waals surface area contributed by atoms with Gasteiger partial charge in [-0.2, -0.15) is 0 Å². The molecule has 0 spiro atoms. The highest BCUT2D eigenvalue weighted by Crippen LogP contribution is 2.33. The van der Waals surface area contributed by atoms with E-state index in [0.29, 0.717) is 11.0 Å². The van der Waals surface area contributed by atoms with E-state index >= 15 is 0 Å². The summed E-state index contributed by atoms with van der Waals surface area (Å²) in [5.74, 6) is 0.812. The summed E-state index contributed by atoms with van der Waals surface area (Å²) in [4.78, 5) is 31.9. The number of fused-ring (bicyclic) bond motifs is 2. The number of aryl methyl sites for hydroxylation is 1. The van der Waals surface area contributed by atoms with Crippen LogP contribution in [0.1, 0.15) is 5.82 Å². The van der Waals surface area contributed by atoms with Gasteiger partial charge >= 0.3 is 0 Å². The second kappa shape index (κ2) is 5.60. The maximum absolute atomic E-state index is 12.3. The standard InChI is InChI=1S/C19H13N5OS/c1-10-21-8-15(23-10)18-12(7-13-16(25)4-5-20-19(13)24-18)11-2-3-14-17(6-11)26-9-22-14/h2-9H,1H3,(H,21,23)(H,20,24,25). The molecule has 26 heavy (non-hydrogen) atoms. The molecule has 126 valence electrons. The normalized spacial score (nSPS) is 11.4. The number of rotatable bonds is 2. The van der Waals surface area contributed by atoms with Crippen molar-refractivity contribution < 1.29 is 0 Å². The number of hydrogen-bond acceptors (Lipinski definition) is 5. The Morgan fingerprint density at radius 1 is 1.12 bits per heavy atom. The largest absolute Gasteiger partial charge is 0.346 e. The number of H-pyrrole nitrogens is 2. The fraction of sp³-hybridized carbons (Fsp3) is 0.0526. The Morgan fingerprint density at radius 2 is 2.04 bits per heavy atom. The number of aromatic amines is 2. The van der Waals surface area contributed by atoms with Gasteiger partial charge in [0.1, 0.15) is 11.5 Å². The zero-order valence-corrected chi connectivity index (χ0v) is 14.6. The molecule has 0 saturated heterocycles. The first-order chi connectivity index (χ1) is 12.7. The number of hydrogen-bond donors (Lipinski definition) is 2. The first-order valence-electron chi connectivity index (χ1n) is 8.07. The number of nitrogens with zero attached hydrogens (tertiary/aromatic N) is 3. The lowest BCUT2D eigenvalue weighted by molar-refractivity contribution is 1.15. The Kier molecular flexibility index (Phi) is 3.23. The molecule has 0 atom stereocenters. The van der Waals surface area contributed by atoms with Crippen molar-refractivity contribution in [1.29, 1.82) is 0 Å². The van der Waals surface area contributed by atoms with Crippen LogP contribution in [0.25, 0.3) is 43.8 Å². The topological polar surface area (TPSA) is 87.3 Å². The van der Waals surface area contributed by atoms with Gasteiger partial charge in [0.05, 0.1) is 38.7 Å². The van der Waals surface area contributed by atoms with Crippen LogP contribution in [0.4, 0.5) is 0 Å². The minimum absolute atomic E-state index is 0.0568. The van der Waals surface area contributed by atoms with Crippen molar-refractivity contribution in [2.24, 2.45) is 0 Å². The molecule has 0 radical (unpaired) electrons. The average Bonchev–Trinajstić information content (AvgIpc) is 3.29. The van der Waals surface area contributed by atoms with Gasteiger partial charge in [0.2, 0.25) is 0 Å². The molecule has 0 bridgehead atoms. The molecule has 7 heteroatoms.